The molecule has 0 bridgehead atoms. The van der Waals surface area contributed by atoms with E-state index >= 15 is 0 Å². The molecule has 96 valence electrons. The molecule has 2 nitrogen and oxygen atoms in total. The van der Waals surface area contributed by atoms with Gasteiger partial charge in [0.05, 0.1) is 0 Å². The van der Waals surface area contributed by atoms with Gasteiger partial charge in [0.1, 0.15) is 0 Å². The molecule has 0 aromatic rings. The van der Waals surface area contributed by atoms with E-state index in [4.69, 9.17) is 0 Å². The fourth-order valence-corrected chi connectivity index (χ4v) is 2.72. The fraction of sp³-hybridized carbons (Fsp3) is 1.00. The maximum atomic E-state index is 3.78. The third kappa shape index (κ3) is 4.06. The third-order valence-corrected chi connectivity index (χ3v) is 4.33. The van der Waals surface area contributed by atoms with Crippen LogP contribution in [-0.2, 0) is 0 Å². The van der Waals surface area contributed by atoms with Crippen LogP contribution in [0, 0.1) is 11.8 Å². The van der Waals surface area contributed by atoms with E-state index in [2.05, 4.69) is 45.1 Å². The number of rotatable bonds is 5. The normalized spacial score (nSPS) is 33.0. The summed E-state index contributed by atoms with van der Waals surface area (Å²) in [5, 5.41) is 3.78. The first-order valence-corrected chi connectivity index (χ1v) is 6.94. The van der Waals surface area contributed by atoms with Crippen LogP contribution in [-0.4, -0.2) is 37.6 Å². The highest BCUT2D eigenvalue weighted by molar-refractivity contribution is 4.83. The lowest BCUT2D eigenvalue weighted by molar-refractivity contribution is 0.193. The van der Waals surface area contributed by atoms with Crippen molar-refractivity contribution in [1.82, 2.24) is 10.2 Å². The SMILES string of the molecule is CCC1CC(C)CCC1NCC(C)N(C)C. The van der Waals surface area contributed by atoms with Gasteiger partial charge in [-0.25, -0.2) is 0 Å². The molecular weight excluding hydrogens is 196 g/mol. The Morgan fingerprint density at radius 1 is 1.31 bits per heavy atom. The second kappa shape index (κ2) is 6.61. The minimum Gasteiger partial charge on any atom is -0.312 e. The molecule has 4 atom stereocenters. The first-order chi connectivity index (χ1) is 7.54. The van der Waals surface area contributed by atoms with Gasteiger partial charge >= 0.3 is 0 Å². The highest BCUT2D eigenvalue weighted by Crippen LogP contribution is 2.30. The maximum Gasteiger partial charge on any atom is 0.0186 e. The fourth-order valence-electron chi connectivity index (χ4n) is 2.72. The lowest BCUT2D eigenvalue weighted by Gasteiger charge is -2.36. The van der Waals surface area contributed by atoms with E-state index < -0.39 is 0 Å². The van der Waals surface area contributed by atoms with E-state index in [1.165, 1.54) is 25.7 Å². The van der Waals surface area contributed by atoms with Crippen LogP contribution in [0.4, 0.5) is 0 Å². The zero-order valence-corrected chi connectivity index (χ0v) is 11.8. The molecule has 1 saturated carbocycles. The molecule has 1 fully saturated rings. The molecule has 4 unspecified atom stereocenters. The molecular formula is C14H30N2. The van der Waals surface area contributed by atoms with Crippen LogP contribution in [0.2, 0.25) is 0 Å². The van der Waals surface area contributed by atoms with Gasteiger partial charge in [-0.2, -0.15) is 0 Å². The Balaban J connectivity index is 2.34. The molecule has 1 rings (SSSR count). The molecule has 0 saturated heterocycles. The van der Waals surface area contributed by atoms with Gasteiger partial charge in [-0.3, -0.25) is 0 Å². The Morgan fingerprint density at radius 3 is 2.56 bits per heavy atom. The minimum absolute atomic E-state index is 0.636. The molecule has 0 radical (unpaired) electrons. The van der Waals surface area contributed by atoms with Crippen LogP contribution in [0.5, 0.6) is 0 Å². The smallest absolute Gasteiger partial charge is 0.0186 e. The summed E-state index contributed by atoms with van der Waals surface area (Å²) in [6.45, 7) is 8.16. The first kappa shape index (κ1) is 14.0. The Hall–Kier alpha value is -0.0800. The van der Waals surface area contributed by atoms with Crippen LogP contribution in [0.1, 0.15) is 46.5 Å². The monoisotopic (exact) mass is 226 g/mol. The van der Waals surface area contributed by atoms with Crippen LogP contribution in [0.15, 0.2) is 0 Å². The van der Waals surface area contributed by atoms with E-state index in [1.54, 1.807) is 0 Å². The van der Waals surface area contributed by atoms with Crippen molar-refractivity contribution in [2.45, 2.75) is 58.5 Å². The molecule has 1 aliphatic rings. The Bertz CT molecular complexity index is 191. The van der Waals surface area contributed by atoms with E-state index in [0.717, 1.165) is 24.4 Å². The summed E-state index contributed by atoms with van der Waals surface area (Å²) >= 11 is 0. The van der Waals surface area contributed by atoms with Crippen molar-refractivity contribution in [3.63, 3.8) is 0 Å². The van der Waals surface area contributed by atoms with Gasteiger partial charge in [0.15, 0.2) is 0 Å². The Kier molecular flexibility index (Phi) is 5.77. The van der Waals surface area contributed by atoms with Gasteiger partial charge in [0.25, 0.3) is 0 Å². The van der Waals surface area contributed by atoms with Crippen molar-refractivity contribution < 1.29 is 0 Å². The van der Waals surface area contributed by atoms with Gasteiger partial charge in [-0.05, 0) is 52.1 Å². The highest BCUT2D eigenvalue weighted by Gasteiger charge is 2.27. The largest absolute Gasteiger partial charge is 0.312 e. The average molecular weight is 226 g/mol. The van der Waals surface area contributed by atoms with Gasteiger partial charge in [0.2, 0.25) is 0 Å². The zero-order valence-electron chi connectivity index (χ0n) is 11.8. The van der Waals surface area contributed by atoms with Crippen molar-refractivity contribution in [1.29, 1.82) is 0 Å². The topological polar surface area (TPSA) is 15.3 Å². The van der Waals surface area contributed by atoms with E-state index in [-0.39, 0.29) is 0 Å². The minimum atomic E-state index is 0.636. The van der Waals surface area contributed by atoms with Crippen LogP contribution >= 0.6 is 0 Å². The summed E-state index contributed by atoms with van der Waals surface area (Å²) in [4.78, 5) is 2.29. The van der Waals surface area contributed by atoms with Crippen LogP contribution in [0.25, 0.3) is 0 Å². The summed E-state index contributed by atoms with van der Waals surface area (Å²) in [6.07, 6.45) is 5.53. The summed E-state index contributed by atoms with van der Waals surface area (Å²) in [5.41, 5.74) is 0. The van der Waals surface area contributed by atoms with E-state index in [1.807, 2.05) is 0 Å². The lowest BCUT2D eigenvalue weighted by atomic mass is 9.77. The first-order valence-electron chi connectivity index (χ1n) is 6.94. The quantitative estimate of drug-likeness (QED) is 0.775. The van der Waals surface area contributed by atoms with Crippen molar-refractivity contribution in [3.8, 4) is 0 Å². The number of likely N-dealkylation sites (N-methyl/N-ethyl adjacent to an activating group) is 1. The van der Waals surface area contributed by atoms with Crippen LogP contribution in [0.3, 0.4) is 0 Å². The summed E-state index contributed by atoms with van der Waals surface area (Å²) in [7, 11) is 4.32. The van der Waals surface area contributed by atoms with E-state index in [0.29, 0.717) is 6.04 Å². The molecule has 0 aromatic carbocycles. The van der Waals surface area contributed by atoms with Gasteiger partial charge in [0, 0.05) is 18.6 Å². The second-order valence-corrected chi connectivity index (χ2v) is 5.91. The van der Waals surface area contributed by atoms with Crippen LogP contribution < -0.4 is 5.32 Å². The second-order valence-electron chi connectivity index (χ2n) is 5.91. The average Bonchev–Trinajstić information content (AvgIpc) is 2.26. The van der Waals surface area contributed by atoms with Crippen molar-refractivity contribution in [2.75, 3.05) is 20.6 Å². The molecule has 2 heteroatoms. The maximum absolute atomic E-state index is 3.78. The Labute approximate surface area is 102 Å². The molecule has 0 spiro atoms. The standard InChI is InChI=1S/C14H30N2/c1-6-13-9-11(2)7-8-14(13)15-10-12(3)16(4)5/h11-15H,6-10H2,1-5H3. The Morgan fingerprint density at radius 2 is 2.00 bits per heavy atom. The summed E-state index contributed by atoms with van der Waals surface area (Å²) in [5.74, 6) is 1.84. The summed E-state index contributed by atoms with van der Waals surface area (Å²) in [6, 6.07) is 1.40. The molecule has 0 aromatic heterocycles. The molecule has 0 aliphatic heterocycles. The highest BCUT2D eigenvalue weighted by atomic mass is 15.1. The summed E-state index contributed by atoms with van der Waals surface area (Å²) < 4.78 is 0. The predicted octanol–water partition coefficient (Wildman–Crippen LogP) is 2.74. The third-order valence-electron chi connectivity index (χ3n) is 4.33. The van der Waals surface area contributed by atoms with Crippen molar-refractivity contribution >= 4 is 0 Å². The van der Waals surface area contributed by atoms with Gasteiger partial charge < -0.3 is 10.2 Å². The molecule has 0 amide bonds. The zero-order chi connectivity index (χ0) is 12.1. The molecule has 1 aliphatic carbocycles. The van der Waals surface area contributed by atoms with Crippen molar-refractivity contribution in [2.24, 2.45) is 11.8 Å². The lowest BCUT2D eigenvalue weighted by Crippen LogP contribution is -2.45. The predicted molar refractivity (Wildman–Crippen MR) is 71.7 cm³/mol. The van der Waals surface area contributed by atoms with Crippen molar-refractivity contribution in [3.05, 3.63) is 0 Å². The number of hydrogen-bond acceptors (Lipinski definition) is 2. The number of hydrogen-bond donors (Lipinski definition) is 1. The number of nitrogens with one attached hydrogen (secondary N) is 1. The van der Waals surface area contributed by atoms with Gasteiger partial charge in [-0.1, -0.05) is 20.3 Å². The molecule has 16 heavy (non-hydrogen) atoms. The molecule has 1 N–H and O–H groups in total. The molecule has 0 heterocycles. The van der Waals surface area contributed by atoms with E-state index in [9.17, 15) is 0 Å². The van der Waals surface area contributed by atoms with Gasteiger partial charge in [-0.15, -0.1) is 0 Å². The number of nitrogens with zero attached hydrogens (tertiary/aromatic N) is 1.